The molecule has 18 heavy (non-hydrogen) atoms. The molecule has 0 bridgehead atoms. The smallest absolute Gasteiger partial charge is 0.222 e. The van der Waals surface area contributed by atoms with E-state index in [-0.39, 0.29) is 16.8 Å². The van der Waals surface area contributed by atoms with Crippen LogP contribution in [0.15, 0.2) is 23.1 Å². The van der Waals surface area contributed by atoms with Gasteiger partial charge in [-0.1, -0.05) is 0 Å². The van der Waals surface area contributed by atoms with Gasteiger partial charge in [-0.25, -0.2) is 8.42 Å². The number of nitrogens with two attached hydrogens (primary N) is 1. The van der Waals surface area contributed by atoms with Crippen LogP contribution in [0, 0.1) is 0 Å². The van der Waals surface area contributed by atoms with Crippen molar-refractivity contribution in [1.82, 2.24) is 5.32 Å². The topological polar surface area (TPSA) is 101 Å². The fraction of sp³-hybridized carbons (Fsp3) is 0.364. The van der Waals surface area contributed by atoms with Crippen LogP contribution in [-0.4, -0.2) is 33.2 Å². The van der Waals surface area contributed by atoms with Gasteiger partial charge in [0.15, 0.2) is 9.84 Å². The van der Waals surface area contributed by atoms with E-state index in [1.54, 1.807) is 6.07 Å². The summed E-state index contributed by atoms with van der Waals surface area (Å²) in [6, 6.07) is 4.53. The minimum absolute atomic E-state index is 0.00109. The highest BCUT2D eigenvalue weighted by Crippen LogP contribution is 2.24. The fourth-order valence-corrected chi connectivity index (χ4v) is 2.49. The van der Waals surface area contributed by atoms with Gasteiger partial charge in [0.25, 0.3) is 0 Å². The van der Waals surface area contributed by atoms with Crippen molar-refractivity contribution in [3.8, 4) is 0 Å². The molecule has 0 aromatic heterocycles. The number of amides is 1. The van der Waals surface area contributed by atoms with Gasteiger partial charge >= 0.3 is 0 Å². The predicted octanol–water partition coefficient (Wildman–Crippen LogP) is -0.0273. The zero-order valence-electron chi connectivity index (χ0n) is 9.93. The second kappa shape index (κ2) is 4.49. The molecule has 98 valence electrons. The quantitative estimate of drug-likeness (QED) is 0.669. The van der Waals surface area contributed by atoms with E-state index >= 15 is 0 Å². The first-order chi connectivity index (χ1) is 8.36. The van der Waals surface area contributed by atoms with Gasteiger partial charge in [0.1, 0.15) is 0 Å². The SMILES string of the molecule is CS(=O)(=O)c1ccc(NC2CNC(=O)C2)c(N)c1. The van der Waals surface area contributed by atoms with Crippen LogP contribution in [0.25, 0.3) is 0 Å². The lowest BCUT2D eigenvalue weighted by Gasteiger charge is -2.14. The van der Waals surface area contributed by atoms with Crippen molar-refractivity contribution in [2.75, 3.05) is 23.9 Å². The Kier molecular flexibility index (Phi) is 3.16. The molecule has 1 atom stereocenters. The zero-order chi connectivity index (χ0) is 13.3. The minimum atomic E-state index is -3.25. The number of carbonyl (C=O) groups is 1. The first-order valence-corrected chi connectivity index (χ1v) is 7.38. The molecule has 1 unspecified atom stereocenters. The average molecular weight is 269 g/mol. The molecule has 0 aliphatic carbocycles. The monoisotopic (exact) mass is 269 g/mol. The Hall–Kier alpha value is -1.76. The molecule has 1 aromatic rings. The van der Waals surface area contributed by atoms with Crippen LogP contribution >= 0.6 is 0 Å². The lowest BCUT2D eigenvalue weighted by Crippen LogP contribution is -2.22. The highest BCUT2D eigenvalue weighted by molar-refractivity contribution is 7.90. The standard InChI is InChI=1S/C11H15N3O3S/c1-18(16,17)8-2-3-10(9(12)5-8)14-7-4-11(15)13-6-7/h2-3,5,7,14H,4,6,12H2,1H3,(H,13,15). The Morgan fingerprint density at radius 2 is 2.17 bits per heavy atom. The number of carbonyl (C=O) groups excluding carboxylic acids is 1. The number of anilines is 2. The Morgan fingerprint density at radius 3 is 2.67 bits per heavy atom. The number of hydrogen-bond acceptors (Lipinski definition) is 5. The van der Waals surface area contributed by atoms with Crippen molar-refractivity contribution in [3.05, 3.63) is 18.2 Å². The second-order valence-corrected chi connectivity index (χ2v) is 6.39. The van der Waals surface area contributed by atoms with E-state index in [1.165, 1.54) is 12.1 Å². The summed E-state index contributed by atoms with van der Waals surface area (Å²) in [7, 11) is -3.25. The van der Waals surface area contributed by atoms with Crippen molar-refractivity contribution in [2.45, 2.75) is 17.4 Å². The third-order valence-corrected chi connectivity index (χ3v) is 3.90. The summed E-state index contributed by atoms with van der Waals surface area (Å²) < 4.78 is 22.7. The number of nitrogen functional groups attached to an aromatic ring is 1. The van der Waals surface area contributed by atoms with Gasteiger partial charge in [0.2, 0.25) is 5.91 Å². The van der Waals surface area contributed by atoms with Crippen molar-refractivity contribution in [3.63, 3.8) is 0 Å². The average Bonchev–Trinajstić information content (AvgIpc) is 2.65. The van der Waals surface area contributed by atoms with Crippen LogP contribution in [0.1, 0.15) is 6.42 Å². The molecule has 4 N–H and O–H groups in total. The molecule has 0 spiro atoms. The Bertz CT molecular complexity index is 583. The minimum Gasteiger partial charge on any atom is -0.397 e. The van der Waals surface area contributed by atoms with Gasteiger partial charge < -0.3 is 16.4 Å². The van der Waals surface area contributed by atoms with E-state index in [0.29, 0.717) is 24.3 Å². The Balaban J connectivity index is 2.18. The first-order valence-electron chi connectivity index (χ1n) is 5.49. The van der Waals surface area contributed by atoms with Crippen molar-refractivity contribution >= 4 is 27.1 Å². The molecule has 1 saturated heterocycles. The lowest BCUT2D eigenvalue weighted by atomic mass is 10.2. The predicted molar refractivity (Wildman–Crippen MR) is 69.0 cm³/mol. The normalized spacial score (nSPS) is 19.6. The fourth-order valence-electron chi connectivity index (χ4n) is 1.83. The molecule has 1 aromatic carbocycles. The highest BCUT2D eigenvalue weighted by atomic mass is 32.2. The molecule has 2 rings (SSSR count). The molecule has 1 fully saturated rings. The summed E-state index contributed by atoms with van der Waals surface area (Å²) >= 11 is 0. The Labute approximate surface area is 105 Å². The summed E-state index contributed by atoms with van der Waals surface area (Å²) in [5, 5.41) is 5.82. The van der Waals surface area contributed by atoms with E-state index < -0.39 is 9.84 Å². The van der Waals surface area contributed by atoms with Gasteiger partial charge in [0.05, 0.1) is 22.3 Å². The summed E-state index contributed by atoms with van der Waals surface area (Å²) in [6.07, 6.45) is 1.53. The van der Waals surface area contributed by atoms with Crippen LogP contribution < -0.4 is 16.4 Å². The molecule has 7 heteroatoms. The lowest BCUT2D eigenvalue weighted by molar-refractivity contribution is -0.119. The number of nitrogens with one attached hydrogen (secondary N) is 2. The van der Waals surface area contributed by atoms with Crippen molar-refractivity contribution in [1.29, 1.82) is 0 Å². The number of sulfone groups is 1. The van der Waals surface area contributed by atoms with Crippen LogP contribution in [0.3, 0.4) is 0 Å². The van der Waals surface area contributed by atoms with E-state index in [4.69, 9.17) is 5.73 Å². The third-order valence-electron chi connectivity index (χ3n) is 2.79. The summed E-state index contributed by atoms with van der Waals surface area (Å²) in [5.41, 5.74) is 6.80. The van der Waals surface area contributed by atoms with Gasteiger partial charge in [0, 0.05) is 19.2 Å². The zero-order valence-corrected chi connectivity index (χ0v) is 10.8. The van der Waals surface area contributed by atoms with E-state index in [9.17, 15) is 13.2 Å². The number of rotatable bonds is 3. The Morgan fingerprint density at radius 1 is 1.44 bits per heavy atom. The molecular weight excluding hydrogens is 254 g/mol. The van der Waals surface area contributed by atoms with Gasteiger partial charge in [-0.05, 0) is 18.2 Å². The summed E-state index contributed by atoms with van der Waals surface area (Å²) in [4.78, 5) is 11.2. The maximum Gasteiger partial charge on any atom is 0.222 e. The van der Waals surface area contributed by atoms with Crippen molar-refractivity contribution in [2.24, 2.45) is 0 Å². The largest absolute Gasteiger partial charge is 0.397 e. The molecule has 6 nitrogen and oxygen atoms in total. The molecule has 1 heterocycles. The molecule has 0 radical (unpaired) electrons. The number of benzene rings is 1. The first kappa shape index (κ1) is 12.7. The van der Waals surface area contributed by atoms with E-state index in [2.05, 4.69) is 10.6 Å². The van der Waals surface area contributed by atoms with Crippen LogP contribution in [0.4, 0.5) is 11.4 Å². The van der Waals surface area contributed by atoms with E-state index in [1.807, 2.05) is 0 Å². The third kappa shape index (κ3) is 2.73. The molecular formula is C11H15N3O3S. The molecule has 1 aliphatic heterocycles. The maximum absolute atomic E-state index is 11.4. The van der Waals surface area contributed by atoms with Crippen LogP contribution in [-0.2, 0) is 14.6 Å². The van der Waals surface area contributed by atoms with Crippen molar-refractivity contribution < 1.29 is 13.2 Å². The van der Waals surface area contributed by atoms with Crippen LogP contribution in [0.5, 0.6) is 0 Å². The van der Waals surface area contributed by atoms with E-state index in [0.717, 1.165) is 6.26 Å². The summed E-state index contributed by atoms with van der Waals surface area (Å²) in [6.45, 7) is 0.548. The number of hydrogen-bond donors (Lipinski definition) is 3. The second-order valence-electron chi connectivity index (χ2n) is 4.37. The molecule has 0 saturated carbocycles. The van der Waals surface area contributed by atoms with Crippen LogP contribution in [0.2, 0.25) is 0 Å². The molecule has 1 amide bonds. The van der Waals surface area contributed by atoms with Gasteiger partial charge in [-0.3, -0.25) is 4.79 Å². The van der Waals surface area contributed by atoms with Gasteiger partial charge in [-0.15, -0.1) is 0 Å². The maximum atomic E-state index is 11.4. The van der Waals surface area contributed by atoms with Gasteiger partial charge in [-0.2, -0.15) is 0 Å². The highest BCUT2D eigenvalue weighted by Gasteiger charge is 2.21. The summed E-state index contributed by atoms with van der Waals surface area (Å²) in [5.74, 6) is -0.00109. The molecule has 1 aliphatic rings.